The fourth-order valence-electron chi connectivity index (χ4n) is 6.16. The summed E-state index contributed by atoms with van der Waals surface area (Å²) in [5.41, 5.74) is -1.00. The lowest BCUT2D eigenvalue weighted by Gasteiger charge is -2.33. The quantitative estimate of drug-likeness (QED) is 0.468. The number of likely N-dealkylation sites (tertiary alicyclic amines) is 1. The molecule has 8 nitrogen and oxygen atoms in total. The number of aromatic nitrogens is 2. The van der Waals surface area contributed by atoms with Gasteiger partial charge in [0.05, 0.1) is 17.2 Å². The minimum atomic E-state index is -4.61. The van der Waals surface area contributed by atoms with E-state index in [1.807, 2.05) is 4.90 Å². The zero-order valence-electron chi connectivity index (χ0n) is 23.1. The van der Waals surface area contributed by atoms with Crippen molar-refractivity contribution in [3.63, 3.8) is 0 Å². The van der Waals surface area contributed by atoms with Crippen LogP contribution in [-0.2, 0) is 6.18 Å². The molecule has 2 aromatic heterocycles. The van der Waals surface area contributed by atoms with E-state index in [1.165, 1.54) is 12.1 Å². The first-order valence-electron chi connectivity index (χ1n) is 14.8. The van der Waals surface area contributed by atoms with Gasteiger partial charge in [-0.3, -0.25) is 4.79 Å². The topological polar surface area (TPSA) is 93.6 Å². The molecule has 40 heavy (non-hydrogen) atoms. The van der Waals surface area contributed by atoms with Crippen LogP contribution in [0.4, 0.5) is 19.0 Å². The second-order valence-corrected chi connectivity index (χ2v) is 11.5. The maximum atomic E-state index is 14.1. The number of anilines is 1. The van der Waals surface area contributed by atoms with Crippen LogP contribution in [-0.4, -0.2) is 83.3 Å². The number of hydrogen-bond donors (Lipinski definition) is 3. The first-order valence-corrected chi connectivity index (χ1v) is 14.8. The predicted molar refractivity (Wildman–Crippen MR) is 148 cm³/mol. The third-order valence-corrected chi connectivity index (χ3v) is 8.59. The fraction of sp³-hybridized carbons (Fsp3) is 0.690. The molecule has 2 aromatic rings. The molecule has 5 rings (SSSR count). The van der Waals surface area contributed by atoms with Gasteiger partial charge in [-0.25, -0.2) is 9.97 Å². The van der Waals surface area contributed by atoms with Gasteiger partial charge < -0.3 is 25.5 Å². The van der Waals surface area contributed by atoms with Crippen molar-refractivity contribution in [1.82, 2.24) is 25.5 Å². The summed E-state index contributed by atoms with van der Waals surface area (Å²) in [5.74, 6) is -0.133. The molecule has 3 aliphatic rings. The maximum Gasteiger partial charge on any atom is 0.418 e. The van der Waals surface area contributed by atoms with Gasteiger partial charge in [0.15, 0.2) is 0 Å². The standard InChI is InChI=1S/C29H41F3N6O2/c30-29(31,32)23-19-26(38-14-3-1-2-4-15-38)35-24-9-10-25(36-27(23)24)28(40)34-21-11-16-37(17-12-21)18-13-33-20-5-7-22(39)8-6-20/h9-10,19-22,33,39H,1-8,11-18H2,(H,34,40). The van der Waals surface area contributed by atoms with Crippen LogP contribution in [0, 0.1) is 0 Å². The van der Waals surface area contributed by atoms with Crippen LogP contribution in [0.15, 0.2) is 18.2 Å². The summed E-state index contributed by atoms with van der Waals surface area (Å²) in [6.07, 6.45) is 4.56. The van der Waals surface area contributed by atoms with Crippen LogP contribution < -0.4 is 15.5 Å². The van der Waals surface area contributed by atoms with Gasteiger partial charge in [-0.1, -0.05) is 12.8 Å². The van der Waals surface area contributed by atoms with Crippen molar-refractivity contribution in [3.05, 3.63) is 29.5 Å². The van der Waals surface area contributed by atoms with Gasteiger partial charge in [0.2, 0.25) is 0 Å². The Morgan fingerprint density at radius 2 is 1.62 bits per heavy atom. The van der Waals surface area contributed by atoms with E-state index in [2.05, 4.69) is 25.5 Å². The second kappa shape index (κ2) is 13.0. The van der Waals surface area contributed by atoms with Crippen LogP contribution in [0.25, 0.3) is 11.0 Å². The summed E-state index contributed by atoms with van der Waals surface area (Å²) >= 11 is 0. The summed E-state index contributed by atoms with van der Waals surface area (Å²) in [6.45, 7) is 4.90. The second-order valence-electron chi connectivity index (χ2n) is 11.5. The van der Waals surface area contributed by atoms with Gasteiger partial charge in [0, 0.05) is 51.4 Å². The molecule has 0 aromatic carbocycles. The fourth-order valence-corrected chi connectivity index (χ4v) is 6.16. The van der Waals surface area contributed by atoms with E-state index < -0.39 is 17.6 Å². The normalized spacial score (nSPS) is 23.8. The summed E-state index contributed by atoms with van der Waals surface area (Å²) in [7, 11) is 0. The number of pyridine rings is 2. The summed E-state index contributed by atoms with van der Waals surface area (Å²) < 4.78 is 42.3. The van der Waals surface area contributed by atoms with Crippen molar-refractivity contribution in [1.29, 1.82) is 0 Å². The highest BCUT2D eigenvalue weighted by Gasteiger charge is 2.35. The van der Waals surface area contributed by atoms with Crippen molar-refractivity contribution in [2.24, 2.45) is 0 Å². The lowest BCUT2D eigenvalue weighted by Crippen LogP contribution is -2.47. The van der Waals surface area contributed by atoms with Gasteiger partial charge >= 0.3 is 6.18 Å². The van der Waals surface area contributed by atoms with E-state index in [4.69, 9.17) is 0 Å². The number of piperidine rings is 1. The van der Waals surface area contributed by atoms with Gasteiger partial charge in [0.1, 0.15) is 17.0 Å². The van der Waals surface area contributed by atoms with Gasteiger partial charge in [-0.2, -0.15) is 13.2 Å². The predicted octanol–water partition coefficient (Wildman–Crippen LogP) is 4.12. The molecule has 2 aliphatic heterocycles. The Hall–Kier alpha value is -2.50. The van der Waals surface area contributed by atoms with Crippen LogP contribution in [0.3, 0.4) is 0 Å². The van der Waals surface area contributed by atoms with Gasteiger partial charge in [-0.05, 0) is 69.6 Å². The number of aliphatic hydroxyl groups is 1. The number of fused-ring (bicyclic) bond motifs is 1. The number of amides is 1. The number of rotatable bonds is 7. The molecule has 3 N–H and O–H groups in total. The monoisotopic (exact) mass is 562 g/mol. The number of nitrogens with one attached hydrogen (secondary N) is 2. The molecule has 0 unspecified atom stereocenters. The average molecular weight is 563 g/mol. The Morgan fingerprint density at radius 3 is 2.30 bits per heavy atom. The smallest absolute Gasteiger partial charge is 0.393 e. The lowest BCUT2D eigenvalue weighted by atomic mass is 9.93. The summed E-state index contributed by atoms with van der Waals surface area (Å²) in [6, 6.07) is 4.48. The van der Waals surface area contributed by atoms with Gasteiger partial charge in [-0.15, -0.1) is 0 Å². The first-order chi connectivity index (χ1) is 19.3. The number of carbonyl (C=O) groups is 1. The van der Waals surface area contributed by atoms with Crippen molar-refractivity contribution in [3.8, 4) is 0 Å². The van der Waals surface area contributed by atoms with E-state index in [1.54, 1.807) is 0 Å². The largest absolute Gasteiger partial charge is 0.418 e. The molecule has 220 valence electrons. The Morgan fingerprint density at radius 1 is 0.925 bits per heavy atom. The third-order valence-electron chi connectivity index (χ3n) is 8.59. The number of carbonyl (C=O) groups excluding carboxylic acids is 1. The highest BCUT2D eigenvalue weighted by molar-refractivity contribution is 5.95. The average Bonchev–Trinajstić information content (AvgIpc) is 3.23. The Bertz CT molecular complexity index is 1140. The number of halogens is 3. The van der Waals surface area contributed by atoms with Crippen LogP contribution in [0.2, 0.25) is 0 Å². The minimum absolute atomic E-state index is 0.0217. The molecule has 4 heterocycles. The van der Waals surface area contributed by atoms with Crippen LogP contribution in [0.1, 0.15) is 80.3 Å². The van der Waals surface area contributed by atoms with E-state index in [9.17, 15) is 23.1 Å². The molecule has 0 spiro atoms. The van der Waals surface area contributed by atoms with Crippen molar-refractivity contribution < 1.29 is 23.1 Å². The highest BCUT2D eigenvalue weighted by Crippen LogP contribution is 2.36. The molecule has 1 aliphatic carbocycles. The molecule has 2 saturated heterocycles. The van der Waals surface area contributed by atoms with Crippen molar-refractivity contribution >= 4 is 22.8 Å². The summed E-state index contributed by atoms with van der Waals surface area (Å²) in [4.78, 5) is 26.0. The molecule has 0 radical (unpaired) electrons. The van der Waals surface area contributed by atoms with Crippen LogP contribution >= 0.6 is 0 Å². The zero-order chi connectivity index (χ0) is 28.1. The molecule has 0 bridgehead atoms. The Balaban J connectivity index is 1.18. The SMILES string of the molecule is O=C(NC1CCN(CCNC2CCC(O)CC2)CC1)c1ccc2nc(N3CCCCCC3)cc(C(F)(F)F)c2n1. The molecule has 3 fully saturated rings. The number of alkyl halides is 3. The number of nitrogens with zero attached hydrogens (tertiary/aromatic N) is 4. The number of hydrogen-bond acceptors (Lipinski definition) is 7. The highest BCUT2D eigenvalue weighted by atomic mass is 19.4. The van der Waals surface area contributed by atoms with E-state index >= 15 is 0 Å². The van der Waals surface area contributed by atoms with Gasteiger partial charge in [0.25, 0.3) is 5.91 Å². The Kier molecular flexibility index (Phi) is 9.42. The molecule has 1 amide bonds. The molecule has 1 saturated carbocycles. The van der Waals surface area contributed by atoms with Crippen molar-refractivity contribution in [2.75, 3.05) is 44.2 Å². The van der Waals surface area contributed by atoms with Crippen molar-refractivity contribution in [2.45, 2.75) is 88.6 Å². The first kappa shape index (κ1) is 29.0. The molecular formula is C29H41F3N6O2. The molecular weight excluding hydrogens is 521 g/mol. The minimum Gasteiger partial charge on any atom is -0.393 e. The summed E-state index contributed by atoms with van der Waals surface area (Å²) in [5, 5.41) is 16.2. The maximum absolute atomic E-state index is 14.1. The van der Waals surface area contributed by atoms with E-state index in [-0.39, 0.29) is 28.9 Å². The third kappa shape index (κ3) is 7.41. The molecule has 11 heteroatoms. The molecule has 0 atom stereocenters. The lowest BCUT2D eigenvalue weighted by molar-refractivity contribution is -0.136. The van der Waals surface area contributed by atoms with E-state index in [0.29, 0.717) is 24.9 Å². The number of aliphatic hydroxyl groups excluding tert-OH is 1. The van der Waals surface area contributed by atoms with Crippen LogP contribution in [0.5, 0.6) is 0 Å². The zero-order valence-corrected chi connectivity index (χ0v) is 23.1. The Labute approximate surface area is 233 Å². The van der Waals surface area contributed by atoms with E-state index in [0.717, 1.165) is 96.5 Å².